The Balaban J connectivity index is 1.88. The zero-order valence-corrected chi connectivity index (χ0v) is 10.1. The molecule has 0 saturated heterocycles. The molecule has 5 nitrogen and oxygen atoms in total. The van der Waals surface area contributed by atoms with E-state index in [9.17, 15) is 9.90 Å². The third-order valence-electron chi connectivity index (χ3n) is 3.36. The molecule has 1 aliphatic rings. The van der Waals surface area contributed by atoms with Crippen LogP contribution in [0.25, 0.3) is 0 Å². The highest BCUT2D eigenvalue weighted by Crippen LogP contribution is 2.28. The number of nitrogens with zero attached hydrogens (tertiary/aromatic N) is 1. The summed E-state index contributed by atoms with van der Waals surface area (Å²) in [6.45, 7) is 2.32. The summed E-state index contributed by atoms with van der Waals surface area (Å²) in [7, 11) is 0. The summed E-state index contributed by atoms with van der Waals surface area (Å²) in [5, 5.41) is 19.6. The molecule has 0 unspecified atom stereocenters. The van der Waals surface area contributed by atoms with Gasteiger partial charge in [0, 0.05) is 12.2 Å². The average Bonchev–Trinajstić information content (AvgIpc) is 2.95. The number of carbonyl (C=O) groups excluding carboxylic acids is 1. The normalized spacial score (nSPS) is 18.2. The molecule has 1 aliphatic carbocycles. The minimum Gasteiger partial charge on any atom is -0.388 e. The van der Waals surface area contributed by atoms with E-state index in [1.807, 2.05) is 6.92 Å². The van der Waals surface area contributed by atoms with Gasteiger partial charge in [-0.1, -0.05) is 19.8 Å². The number of amides is 1. The summed E-state index contributed by atoms with van der Waals surface area (Å²) in [5.74, 6) is -0.221. The van der Waals surface area contributed by atoms with Crippen LogP contribution in [0.3, 0.4) is 0 Å². The van der Waals surface area contributed by atoms with Crippen molar-refractivity contribution in [2.75, 3.05) is 6.54 Å². The summed E-state index contributed by atoms with van der Waals surface area (Å²) in [6, 6.07) is 1.74. The van der Waals surface area contributed by atoms with Crippen LogP contribution < -0.4 is 5.32 Å². The minimum absolute atomic E-state index is 0.221. The van der Waals surface area contributed by atoms with Gasteiger partial charge in [0.1, 0.15) is 5.69 Å². The fraction of sp³-hybridized carbons (Fsp3) is 0.667. The van der Waals surface area contributed by atoms with Crippen LogP contribution in [0.2, 0.25) is 0 Å². The Morgan fingerprint density at radius 3 is 2.88 bits per heavy atom. The van der Waals surface area contributed by atoms with Crippen molar-refractivity contribution in [1.82, 2.24) is 15.5 Å². The van der Waals surface area contributed by atoms with E-state index in [2.05, 4.69) is 15.5 Å². The van der Waals surface area contributed by atoms with E-state index < -0.39 is 5.60 Å². The highest BCUT2D eigenvalue weighted by Gasteiger charge is 2.31. The predicted octanol–water partition coefficient (Wildman–Crippen LogP) is 1.01. The zero-order valence-electron chi connectivity index (χ0n) is 10.1. The van der Waals surface area contributed by atoms with Gasteiger partial charge in [-0.3, -0.25) is 9.89 Å². The molecule has 17 heavy (non-hydrogen) atoms. The van der Waals surface area contributed by atoms with Crippen molar-refractivity contribution in [1.29, 1.82) is 0 Å². The molecule has 5 heteroatoms. The third-order valence-corrected chi connectivity index (χ3v) is 3.36. The van der Waals surface area contributed by atoms with Crippen LogP contribution in [-0.2, 0) is 6.42 Å². The molecule has 1 aromatic heterocycles. The summed E-state index contributed by atoms with van der Waals surface area (Å²) >= 11 is 0. The molecule has 0 radical (unpaired) electrons. The average molecular weight is 237 g/mol. The minimum atomic E-state index is -0.709. The number of aliphatic hydroxyl groups is 1. The molecule has 2 rings (SSSR count). The lowest BCUT2D eigenvalue weighted by Gasteiger charge is -2.21. The van der Waals surface area contributed by atoms with Gasteiger partial charge in [0.25, 0.3) is 5.91 Å². The molecule has 0 atom stereocenters. The van der Waals surface area contributed by atoms with Crippen molar-refractivity contribution in [2.45, 2.75) is 44.6 Å². The fourth-order valence-electron chi connectivity index (χ4n) is 2.20. The van der Waals surface area contributed by atoms with Gasteiger partial charge in [-0.05, 0) is 25.3 Å². The van der Waals surface area contributed by atoms with Gasteiger partial charge in [0.15, 0.2) is 0 Å². The van der Waals surface area contributed by atoms with Crippen molar-refractivity contribution in [3.8, 4) is 0 Å². The number of carbonyl (C=O) groups is 1. The Morgan fingerprint density at radius 2 is 2.29 bits per heavy atom. The van der Waals surface area contributed by atoms with Gasteiger partial charge in [-0.2, -0.15) is 5.10 Å². The first-order valence-electron chi connectivity index (χ1n) is 6.18. The van der Waals surface area contributed by atoms with Crippen molar-refractivity contribution < 1.29 is 9.90 Å². The van der Waals surface area contributed by atoms with Crippen molar-refractivity contribution in [3.63, 3.8) is 0 Å². The smallest absolute Gasteiger partial charge is 0.271 e. The van der Waals surface area contributed by atoms with Crippen LogP contribution in [0, 0.1) is 0 Å². The molecule has 94 valence electrons. The second-order valence-corrected chi connectivity index (χ2v) is 4.75. The van der Waals surface area contributed by atoms with Crippen molar-refractivity contribution in [2.24, 2.45) is 0 Å². The Morgan fingerprint density at radius 1 is 1.59 bits per heavy atom. The molecule has 1 saturated carbocycles. The number of aromatic amines is 1. The highest BCUT2D eigenvalue weighted by molar-refractivity contribution is 5.92. The lowest BCUT2D eigenvalue weighted by molar-refractivity contribution is 0.0448. The van der Waals surface area contributed by atoms with Crippen LogP contribution in [0.15, 0.2) is 6.07 Å². The van der Waals surface area contributed by atoms with Gasteiger partial charge >= 0.3 is 0 Å². The summed E-state index contributed by atoms with van der Waals surface area (Å²) in [4.78, 5) is 11.8. The SMILES string of the molecule is CCc1cc(C(=O)NCC2(O)CCCC2)n[nH]1. The number of aromatic nitrogens is 2. The predicted molar refractivity (Wildman–Crippen MR) is 63.7 cm³/mol. The molecular formula is C12H19N3O2. The van der Waals surface area contributed by atoms with Crippen LogP contribution in [-0.4, -0.2) is 33.4 Å². The highest BCUT2D eigenvalue weighted by atomic mass is 16.3. The maximum Gasteiger partial charge on any atom is 0.271 e. The van der Waals surface area contributed by atoms with Gasteiger partial charge in [0.05, 0.1) is 5.60 Å². The lowest BCUT2D eigenvalue weighted by Crippen LogP contribution is -2.40. The Labute approximate surface area is 101 Å². The number of hydrogen-bond acceptors (Lipinski definition) is 3. The molecule has 0 bridgehead atoms. The van der Waals surface area contributed by atoms with Crippen molar-refractivity contribution in [3.05, 3.63) is 17.5 Å². The first-order valence-corrected chi connectivity index (χ1v) is 6.18. The molecule has 1 heterocycles. The number of aryl methyl sites for hydroxylation is 1. The van der Waals surface area contributed by atoms with E-state index in [1.165, 1.54) is 0 Å². The second-order valence-electron chi connectivity index (χ2n) is 4.75. The first kappa shape index (κ1) is 12.1. The largest absolute Gasteiger partial charge is 0.388 e. The van der Waals surface area contributed by atoms with Crippen LogP contribution in [0.1, 0.15) is 48.8 Å². The van der Waals surface area contributed by atoms with Crippen LogP contribution in [0.4, 0.5) is 0 Å². The molecule has 0 aromatic carbocycles. The fourth-order valence-corrected chi connectivity index (χ4v) is 2.20. The maximum atomic E-state index is 11.8. The second kappa shape index (κ2) is 4.87. The van der Waals surface area contributed by atoms with E-state index in [1.54, 1.807) is 6.07 Å². The topological polar surface area (TPSA) is 78.0 Å². The molecule has 3 N–H and O–H groups in total. The molecule has 0 spiro atoms. The standard InChI is InChI=1S/C12H19N3O2/c1-2-9-7-10(15-14-9)11(16)13-8-12(17)5-3-4-6-12/h7,17H,2-6,8H2,1H3,(H,13,16)(H,14,15). The molecular weight excluding hydrogens is 218 g/mol. The molecule has 1 fully saturated rings. The number of hydrogen-bond donors (Lipinski definition) is 3. The van der Waals surface area contributed by atoms with E-state index in [0.29, 0.717) is 12.2 Å². The third kappa shape index (κ3) is 2.85. The molecule has 1 aromatic rings. The molecule has 1 amide bonds. The van der Waals surface area contributed by atoms with E-state index >= 15 is 0 Å². The van der Waals surface area contributed by atoms with Gasteiger partial charge < -0.3 is 10.4 Å². The first-order chi connectivity index (χ1) is 8.13. The zero-order chi connectivity index (χ0) is 12.3. The van der Waals surface area contributed by atoms with Gasteiger partial charge in [-0.25, -0.2) is 0 Å². The van der Waals surface area contributed by atoms with Gasteiger partial charge in [0.2, 0.25) is 0 Å². The van der Waals surface area contributed by atoms with Crippen LogP contribution >= 0.6 is 0 Å². The van der Waals surface area contributed by atoms with E-state index in [-0.39, 0.29) is 5.91 Å². The Bertz CT molecular complexity index is 394. The quantitative estimate of drug-likeness (QED) is 0.731. The monoisotopic (exact) mass is 237 g/mol. The Kier molecular flexibility index (Phi) is 3.47. The van der Waals surface area contributed by atoms with Crippen molar-refractivity contribution >= 4 is 5.91 Å². The van der Waals surface area contributed by atoms with E-state index in [0.717, 1.165) is 37.8 Å². The summed E-state index contributed by atoms with van der Waals surface area (Å²) in [5.41, 5.74) is 0.623. The number of rotatable bonds is 4. The van der Waals surface area contributed by atoms with E-state index in [4.69, 9.17) is 0 Å². The Hall–Kier alpha value is -1.36. The maximum absolute atomic E-state index is 11.8. The number of H-pyrrole nitrogens is 1. The lowest BCUT2D eigenvalue weighted by atomic mass is 10.0. The van der Waals surface area contributed by atoms with Crippen LogP contribution in [0.5, 0.6) is 0 Å². The number of nitrogens with one attached hydrogen (secondary N) is 2. The summed E-state index contributed by atoms with van der Waals surface area (Å²) < 4.78 is 0. The summed E-state index contributed by atoms with van der Waals surface area (Å²) in [6.07, 6.45) is 4.44. The molecule has 0 aliphatic heterocycles. The van der Waals surface area contributed by atoms with Gasteiger partial charge in [-0.15, -0.1) is 0 Å².